The second kappa shape index (κ2) is 7.71. The van der Waals surface area contributed by atoms with Gasteiger partial charge in [0.15, 0.2) is 0 Å². The van der Waals surface area contributed by atoms with Crippen molar-refractivity contribution in [1.82, 2.24) is 4.90 Å². The molecule has 0 amide bonds. The maximum Gasteiger partial charge on any atom is 0.466 e. The average Bonchev–Trinajstić information content (AvgIpc) is 1.79. The van der Waals surface area contributed by atoms with Crippen LogP contribution in [0.15, 0.2) is 0 Å². The van der Waals surface area contributed by atoms with Crippen molar-refractivity contribution in [2.24, 2.45) is 0 Å². The topological polar surface area (TPSA) is 81.0 Å². The first kappa shape index (κ1) is 14.6. The fourth-order valence-electron chi connectivity index (χ4n) is 0.474. The molecule has 3 N–H and O–H groups in total. The van der Waals surface area contributed by atoms with E-state index in [9.17, 15) is 0 Å². The fourth-order valence-corrected chi connectivity index (χ4v) is 0.474. The van der Waals surface area contributed by atoms with E-state index in [1.807, 2.05) is 0 Å². The summed E-state index contributed by atoms with van der Waals surface area (Å²) in [6, 6.07) is 0. The molecule has 76 valence electrons. The van der Waals surface area contributed by atoms with Gasteiger partial charge in [-0.05, 0) is 27.1 Å². The van der Waals surface area contributed by atoms with Gasteiger partial charge in [-0.2, -0.15) is 0 Å². The Morgan fingerprint density at radius 3 is 1.67 bits per heavy atom. The summed E-state index contributed by atoms with van der Waals surface area (Å²) >= 11 is 0. The van der Waals surface area contributed by atoms with Crippen LogP contribution in [0.25, 0.3) is 0 Å². The van der Waals surface area contributed by atoms with Crippen LogP contribution in [0, 0.1) is 0 Å². The highest BCUT2D eigenvalue weighted by atomic mass is 31.2. The molecule has 0 rings (SSSR count). The molecular weight excluding hydrogens is 181 g/mol. The third kappa shape index (κ3) is 50.0. The zero-order valence-electron chi connectivity index (χ0n) is 7.77. The minimum atomic E-state index is -4.64. The van der Waals surface area contributed by atoms with Gasteiger partial charge in [-0.3, -0.25) is 0 Å². The van der Waals surface area contributed by atoms with Crippen molar-refractivity contribution in [3.05, 3.63) is 0 Å². The molecule has 0 fully saturated rings. The minimum Gasteiger partial charge on any atom is -0.309 e. The van der Waals surface area contributed by atoms with Crippen LogP contribution < -0.4 is 0 Å². The third-order valence-corrected chi connectivity index (χ3v) is 0.959. The molecule has 0 aromatic heterocycles. The Bertz CT molecular complexity index is 125. The van der Waals surface area contributed by atoms with Crippen LogP contribution in [0.4, 0.5) is 0 Å². The predicted octanol–water partition coefficient (Wildman–Crippen LogP) is 0.420. The Kier molecular flexibility index (Phi) is 9.37. The van der Waals surface area contributed by atoms with E-state index in [0.29, 0.717) is 0 Å². The molecule has 0 aliphatic heterocycles. The molecule has 5 nitrogen and oxygen atoms in total. The highest BCUT2D eigenvalue weighted by Crippen LogP contribution is 2.25. The minimum absolute atomic E-state index is 1.23. The van der Waals surface area contributed by atoms with Crippen LogP contribution in [-0.2, 0) is 4.57 Å². The van der Waals surface area contributed by atoms with Crippen LogP contribution in [0.1, 0.15) is 19.8 Å². The van der Waals surface area contributed by atoms with Gasteiger partial charge in [-0.15, -0.1) is 0 Å². The van der Waals surface area contributed by atoms with Gasteiger partial charge < -0.3 is 19.6 Å². The van der Waals surface area contributed by atoms with Crippen LogP contribution in [0.5, 0.6) is 0 Å². The first-order chi connectivity index (χ1) is 5.27. The smallest absolute Gasteiger partial charge is 0.309 e. The van der Waals surface area contributed by atoms with Crippen molar-refractivity contribution in [2.75, 3.05) is 20.6 Å². The van der Waals surface area contributed by atoms with E-state index >= 15 is 0 Å². The highest BCUT2D eigenvalue weighted by Gasteiger charge is 2.00. The lowest BCUT2D eigenvalue weighted by molar-refractivity contribution is 0.275. The molecule has 0 atom stereocenters. The molecular formula is C6H18NO4P. The quantitative estimate of drug-likeness (QED) is 0.574. The normalized spacial score (nSPS) is 10.9. The zero-order valence-corrected chi connectivity index (χ0v) is 8.66. The van der Waals surface area contributed by atoms with Crippen molar-refractivity contribution in [3.8, 4) is 0 Å². The van der Waals surface area contributed by atoms with Gasteiger partial charge in [0.05, 0.1) is 0 Å². The van der Waals surface area contributed by atoms with Crippen molar-refractivity contribution < 1.29 is 19.2 Å². The third-order valence-electron chi connectivity index (χ3n) is 0.959. The first-order valence-corrected chi connectivity index (χ1v) is 5.27. The van der Waals surface area contributed by atoms with Gasteiger partial charge in [0.2, 0.25) is 0 Å². The zero-order chi connectivity index (χ0) is 10.2. The Morgan fingerprint density at radius 1 is 1.25 bits per heavy atom. The predicted molar refractivity (Wildman–Crippen MR) is 47.7 cm³/mol. The van der Waals surface area contributed by atoms with Crippen molar-refractivity contribution >= 4 is 7.82 Å². The molecule has 0 aliphatic rings. The van der Waals surface area contributed by atoms with E-state index in [0.717, 1.165) is 0 Å². The maximum atomic E-state index is 8.88. The number of unbranched alkanes of at least 4 members (excludes halogenated alkanes) is 1. The standard InChI is InChI=1S/C6H15N.H3O4P/c1-4-5-6-7(2)3;1-5(2,3)4/h4-6H2,1-3H3;(H3,1,2,3,4). The number of phosphoric acid groups is 1. The van der Waals surface area contributed by atoms with Crippen LogP contribution in [0.2, 0.25) is 0 Å². The number of hydrogen-bond donors (Lipinski definition) is 3. The molecule has 0 saturated carbocycles. The van der Waals surface area contributed by atoms with Gasteiger partial charge in [0.25, 0.3) is 0 Å². The number of nitrogens with zero attached hydrogens (tertiary/aromatic N) is 1. The summed E-state index contributed by atoms with van der Waals surface area (Å²) in [5.74, 6) is 0. The number of hydrogen-bond acceptors (Lipinski definition) is 2. The first-order valence-electron chi connectivity index (χ1n) is 3.70. The Morgan fingerprint density at radius 2 is 1.58 bits per heavy atom. The molecule has 0 aliphatic carbocycles. The summed E-state index contributed by atoms with van der Waals surface area (Å²) in [5, 5.41) is 0. The summed E-state index contributed by atoms with van der Waals surface area (Å²) in [7, 11) is -0.425. The molecule has 6 heteroatoms. The van der Waals surface area contributed by atoms with Crippen LogP contribution >= 0.6 is 7.82 Å². The molecule has 0 radical (unpaired) electrons. The molecule has 0 spiro atoms. The lowest BCUT2D eigenvalue weighted by Gasteiger charge is -2.05. The summed E-state index contributed by atoms with van der Waals surface area (Å²) < 4.78 is 8.88. The fraction of sp³-hybridized carbons (Fsp3) is 1.00. The molecule has 0 aromatic rings. The van der Waals surface area contributed by atoms with E-state index in [-0.39, 0.29) is 0 Å². The van der Waals surface area contributed by atoms with E-state index in [2.05, 4.69) is 25.9 Å². The molecule has 0 unspecified atom stereocenters. The van der Waals surface area contributed by atoms with Gasteiger partial charge in [0.1, 0.15) is 0 Å². The highest BCUT2D eigenvalue weighted by molar-refractivity contribution is 7.45. The monoisotopic (exact) mass is 199 g/mol. The Labute approximate surface area is 73.3 Å². The van der Waals surface area contributed by atoms with Crippen LogP contribution in [0.3, 0.4) is 0 Å². The summed E-state index contributed by atoms with van der Waals surface area (Å²) in [4.78, 5) is 23.8. The Balaban J connectivity index is 0. The van der Waals surface area contributed by atoms with Crippen molar-refractivity contribution in [3.63, 3.8) is 0 Å². The SMILES string of the molecule is CCCCN(C)C.O=P(O)(O)O. The lowest BCUT2D eigenvalue weighted by atomic mass is 10.3. The summed E-state index contributed by atoms with van der Waals surface area (Å²) in [6.45, 7) is 3.44. The van der Waals surface area contributed by atoms with Crippen LogP contribution in [-0.4, -0.2) is 40.2 Å². The largest absolute Gasteiger partial charge is 0.466 e. The van der Waals surface area contributed by atoms with Gasteiger partial charge in [-0.25, -0.2) is 4.57 Å². The van der Waals surface area contributed by atoms with E-state index < -0.39 is 7.82 Å². The molecule has 0 heterocycles. The second-order valence-corrected chi connectivity index (χ2v) is 3.70. The van der Waals surface area contributed by atoms with Crippen molar-refractivity contribution in [1.29, 1.82) is 0 Å². The van der Waals surface area contributed by atoms with Gasteiger partial charge in [-0.1, -0.05) is 13.3 Å². The van der Waals surface area contributed by atoms with E-state index in [1.165, 1.54) is 19.4 Å². The summed E-state index contributed by atoms with van der Waals surface area (Å²) in [6.07, 6.45) is 2.63. The molecule has 0 aromatic carbocycles. The number of rotatable bonds is 3. The lowest BCUT2D eigenvalue weighted by Crippen LogP contribution is -2.12. The van der Waals surface area contributed by atoms with Crippen molar-refractivity contribution in [2.45, 2.75) is 19.8 Å². The van der Waals surface area contributed by atoms with E-state index in [1.54, 1.807) is 0 Å². The molecule has 0 saturated heterocycles. The van der Waals surface area contributed by atoms with Gasteiger partial charge >= 0.3 is 7.82 Å². The Hall–Kier alpha value is 0.0700. The molecule has 0 bridgehead atoms. The van der Waals surface area contributed by atoms with E-state index in [4.69, 9.17) is 19.2 Å². The summed E-state index contributed by atoms with van der Waals surface area (Å²) in [5.41, 5.74) is 0. The molecule has 12 heavy (non-hydrogen) atoms. The van der Waals surface area contributed by atoms with Gasteiger partial charge in [0, 0.05) is 0 Å². The second-order valence-electron chi connectivity index (χ2n) is 2.67. The average molecular weight is 199 g/mol. The maximum absolute atomic E-state index is 8.88.